The molecule has 0 bridgehead atoms. The Morgan fingerprint density at radius 3 is 2.83 bits per heavy atom. The minimum atomic E-state index is -0.0933. The van der Waals surface area contributed by atoms with Crippen molar-refractivity contribution in [2.45, 2.75) is 33.1 Å². The molecule has 1 aromatic rings. The van der Waals surface area contributed by atoms with Crippen LogP contribution in [0.2, 0.25) is 0 Å². The Balaban J connectivity index is 1.74. The molecule has 1 aliphatic heterocycles. The fourth-order valence-electron chi connectivity index (χ4n) is 3.38. The molecule has 3 rings (SSSR count). The molecule has 0 N–H and O–H groups in total. The van der Waals surface area contributed by atoms with Crippen LogP contribution in [0.1, 0.15) is 32.3 Å². The average Bonchev–Trinajstić information content (AvgIpc) is 2.87. The van der Waals surface area contributed by atoms with Crippen LogP contribution in [0.3, 0.4) is 0 Å². The lowest BCUT2D eigenvalue weighted by Crippen LogP contribution is -2.32. The minimum absolute atomic E-state index is 0.0933. The first-order valence-corrected chi connectivity index (χ1v) is 6.95. The third kappa shape index (κ3) is 1.84. The van der Waals surface area contributed by atoms with E-state index < -0.39 is 0 Å². The summed E-state index contributed by atoms with van der Waals surface area (Å²) in [5.41, 5.74) is 2.68. The molecule has 0 saturated heterocycles. The zero-order valence-corrected chi connectivity index (χ0v) is 11.3. The van der Waals surface area contributed by atoms with Gasteiger partial charge in [-0.25, -0.2) is 0 Å². The second-order valence-electron chi connectivity index (χ2n) is 6.31. The SMILES string of the molecule is CC1(C)CCC(CN2CCc3ccccc32)C1=O. The predicted octanol–water partition coefficient (Wildman–Crippen LogP) is 3.05. The summed E-state index contributed by atoms with van der Waals surface area (Å²) >= 11 is 0. The number of Topliss-reactive ketones (excluding diaryl/α,β-unsaturated/α-hetero) is 1. The van der Waals surface area contributed by atoms with Crippen LogP contribution in [0.25, 0.3) is 0 Å². The van der Waals surface area contributed by atoms with E-state index in [1.165, 1.54) is 11.3 Å². The first kappa shape index (κ1) is 11.8. The number of hydrogen-bond donors (Lipinski definition) is 0. The van der Waals surface area contributed by atoms with E-state index in [-0.39, 0.29) is 11.3 Å². The summed E-state index contributed by atoms with van der Waals surface area (Å²) in [5.74, 6) is 0.707. The summed E-state index contributed by atoms with van der Waals surface area (Å²) in [5, 5.41) is 0. The topological polar surface area (TPSA) is 20.3 Å². The fourth-order valence-corrected chi connectivity index (χ4v) is 3.38. The molecule has 1 fully saturated rings. The number of rotatable bonds is 2. The van der Waals surface area contributed by atoms with Crippen molar-refractivity contribution in [2.24, 2.45) is 11.3 Å². The van der Waals surface area contributed by atoms with E-state index in [0.29, 0.717) is 5.78 Å². The quantitative estimate of drug-likeness (QED) is 0.795. The number of fused-ring (bicyclic) bond motifs is 1. The Morgan fingerprint density at radius 1 is 1.33 bits per heavy atom. The first-order chi connectivity index (χ1) is 8.58. The Bertz CT molecular complexity index is 478. The van der Waals surface area contributed by atoms with Gasteiger partial charge in [-0.15, -0.1) is 0 Å². The molecule has 1 atom stereocenters. The fraction of sp³-hybridized carbons (Fsp3) is 0.562. The van der Waals surface area contributed by atoms with E-state index in [2.05, 4.69) is 43.0 Å². The van der Waals surface area contributed by atoms with Crippen molar-refractivity contribution < 1.29 is 4.79 Å². The summed E-state index contributed by atoms with van der Waals surface area (Å²) < 4.78 is 0. The lowest BCUT2D eigenvalue weighted by molar-refractivity contribution is -0.127. The second kappa shape index (κ2) is 4.11. The zero-order chi connectivity index (χ0) is 12.8. The molecule has 1 heterocycles. The Morgan fingerprint density at radius 2 is 2.11 bits per heavy atom. The highest BCUT2D eigenvalue weighted by atomic mass is 16.1. The number of carbonyl (C=O) groups is 1. The van der Waals surface area contributed by atoms with Crippen LogP contribution in [0.15, 0.2) is 24.3 Å². The first-order valence-electron chi connectivity index (χ1n) is 6.95. The van der Waals surface area contributed by atoms with Gasteiger partial charge in [-0.2, -0.15) is 0 Å². The van der Waals surface area contributed by atoms with Gasteiger partial charge in [0.15, 0.2) is 0 Å². The van der Waals surface area contributed by atoms with Gasteiger partial charge in [0.2, 0.25) is 0 Å². The smallest absolute Gasteiger partial charge is 0.143 e. The van der Waals surface area contributed by atoms with Crippen molar-refractivity contribution in [1.29, 1.82) is 0 Å². The molecule has 0 amide bonds. The molecule has 0 aromatic heterocycles. The van der Waals surface area contributed by atoms with Crippen LogP contribution in [0, 0.1) is 11.3 Å². The van der Waals surface area contributed by atoms with E-state index in [9.17, 15) is 4.79 Å². The summed E-state index contributed by atoms with van der Waals surface area (Å²) in [6, 6.07) is 8.59. The van der Waals surface area contributed by atoms with Gasteiger partial charge in [0.1, 0.15) is 5.78 Å². The largest absolute Gasteiger partial charge is 0.370 e. The summed E-state index contributed by atoms with van der Waals surface area (Å²) in [4.78, 5) is 14.7. The van der Waals surface area contributed by atoms with E-state index in [0.717, 1.165) is 32.4 Å². The lowest BCUT2D eigenvalue weighted by atomic mass is 9.89. The van der Waals surface area contributed by atoms with Gasteiger partial charge < -0.3 is 4.90 Å². The van der Waals surface area contributed by atoms with Gasteiger partial charge >= 0.3 is 0 Å². The Hall–Kier alpha value is -1.31. The summed E-state index contributed by atoms with van der Waals surface area (Å²) in [6.45, 7) is 6.17. The van der Waals surface area contributed by atoms with Crippen molar-refractivity contribution >= 4 is 11.5 Å². The standard InChI is InChI=1S/C16H21NO/c1-16(2)9-7-13(15(16)18)11-17-10-8-12-5-3-4-6-14(12)17/h3-6,13H,7-11H2,1-2H3. The third-order valence-corrected chi connectivity index (χ3v) is 4.58. The van der Waals surface area contributed by atoms with Crippen molar-refractivity contribution in [2.75, 3.05) is 18.0 Å². The van der Waals surface area contributed by atoms with Crippen LogP contribution in [-0.4, -0.2) is 18.9 Å². The molecule has 2 heteroatoms. The number of ketones is 1. The third-order valence-electron chi connectivity index (χ3n) is 4.58. The van der Waals surface area contributed by atoms with Crippen LogP contribution in [0.4, 0.5) is 5.69 Å². The number of hydrogen-bond acceptors (Lipinski definition) is 2. The van der Waals surface area contributed by atoms with Crippen LogP contribution >= 0.6 is 0 Å². The normalized spacial score (nSPS) is 25.6. The van der Waals surface area contributed by atoms with E-state index in [1.807, 2.05) is 0 Å². The summed E-state index contributed by atoms with van der Waals surface area (Å²) in [6.07, 6.45) is 3.23. The maximum atomic E-state index is 12.3. The Labute approximate surface area is 109 Å². The van der Waals surface area contributed by atoms with Gasteiger partial charge in [-0.3, -0.25) is 4.79 Å². The number of carbonyl (C=O) groups excluding carboxylic acids is 1. The van der Waals surface area contributed by atoms with Gasteiger partial charge in [0.25, 0.3) is 0 Å². The maximum absolute atomic E-state index is 12.3. The molecule has 0 spiro atoms. The molecule has 2 aliphatic rings. The monoisotopic (exact) mass is 243 g/mol. The highest BCUT2D eigenvalue weighted by Crippen LogP contribution is 2.39. The highest BCUT2D eigenvalue weighted by Gasteiger charge is 2.41. The molecule has 96 valence electrons. The predicted molar refractivity (Wildman–Crippen MR) is 73.9 cm³/mol. The molecule has 18 heavy (non-hydrogen) atoms. The molecular weight excluding hydrogens is 222 g/mol. The number of anilines is 1. The van der Waals surface area contributed by atoms with Crippen LogP contribution in [-0.2, 0) is 11.2 Å². The number of benzene rings is 1. The van der Waals surface area contributed by atoms with Crippen molar-refractivity contribution in [3.05, 3.63) is 29.8 Å². The van der Waals surface area contributed by atoms with Gasteiger partial charge in [-0.1, -0.05) is 32.0 Å². The van der Waals surface area contributed by atoms with Crippen LogP contribution < -0.4 is 4.90 Å². The van der Waals surface area contributed by atoms with Crippen molar-refractivity contribution in [3.63, 3.8) is 0 Å². The maximum Gasteiger partial charge on any atom is 0.143 e. The molecule has 1 unspecified atom stereocenters. The van der Waals surface area contributed by atoms with E-state index in [1.54, 1.807) is 0 Å². The number of nitrogens with zero attached hydrogens (tertiary/aromatic N) is 1. The Kier molecular flexibility index (Phi) is 2.69. The van der Waals surface area contributed by atoms with Crippen molar-refractivity contribution in [1.82, 2.24) is 0 Å². The van der Waals surface area contributed by atoms with Crippen LogP contribution in [0.5, 0.6) is 0 Å². The van der Waals surface area contributed by atoms with Gasteiger partial charge in [0, 0.05) is 30.1 Å². The zero-order valence-electron chi connectivity index (χ0n) is 11.3. The molecule has 2 nitrogen and oxygen atoms in total. The molecule has 1 aromatic carbocycles. The van der Waals surface area contributed by atoms with E-state index >= 15 is 0 Å². The second-order valence-corrected chi connectivity index (χ2v) is 6.31. The molecular formula is C16H21NO. The van der Waals surface area contributed by atoms with E-state index in [4.69, 9.17) is 0 Å². The molecule has 1 saturated carbocycles. The minimum Gasteiger partial charge on any atom is -0.370 e. The molecule has 1 aliphatic carbocycles. The highest BCUT2D eigenvalue weighted by molar-refractivity contribution is 5.89. The average molecular weight is 243 g/mol. The number of para-hydroxylation sites is 1. The molecule has 0 radical (unpaired) electrons. The van der Waals surface area contributed by atoms with Crippen molar-refractivity contribution in [3.8, 4) is 0 Å². The van der Waals surface area contributed by atoms with Gasteiger partial charge in [0.05, 0.1) is 0 Å². The van der Waals surface area contributed by atoms with Gasteiger partial charge in [-0.05, 0) is 30.9 Å². The lowest BCUT2D eigenvalue weighted by Gasteiger charge is -2.23. The summed E-state index contributed by atoms with van der Waals surface area (Å²) in [7, 11) is 0.